The number of ether oxygens (including phenoxy) is 2. The van der Waals surface area contributed by atoms with Gasteiger partial charge < -0.3 is 15.2 Å². The summed E-state index contributed by atoms with van der Waals surface area (Å²) >= 11 is 0. The lowest BCUT2D eigenvalue weighted by atomic mass is 10.1. The Bertz CT molecular complexity index is 681. The summed E-state index contributed by atoms with van der Waals surface area (Å²) in [6.45, 7) is 6.02. The molecule has 0 aromatic heterocycles. The molecule has 0 saturated carbocycles. The van der Waals surface area contributed by atoms with Crippen molar-refractivity contribution in [2.45, 2.75) is 20.0 Å². The van der Waals surface area contributed by atoms with Crippen molar-refractivity contribution < 1.29 is 14.3 Å². The largest absolute Gasteiger partial charge is 0.486 e. The van der Waals surface area contributed by atoms with Crippen LogP contribution in [-0.2, 0) is 17.8 Å². The molecule has 0 atom stereocenters. The number of aryl methyl sites for hydroxylation is 1. The van der Waals surface area contributed by atoms with Crippen LogP contribution in [0.25, 0.3) is 0 Å². The molecular formula is C19H21NO3. The van der Waals surface area contributed by atoms with E-state index in [1.54, 1.807) is 6.07 Å². The quantitative estimate of drug-likeness (QED) is 0.480. The minimum absolute atomic E-state index is 0.146. The molecule has 0 unspecified atom stereocenters. The van der Waals surface area contributed by atoms with Crippen LogP contribution in [0.15, 0.2) is 55.1 Å². The zero-order valence-electron chi connectivity index (χ0n) is 13.2. The summed E-state index contributed by atoms with van der Waals surface area (Å²) in [6, 6.07) is 13.3. The summed E-state index contributed by atoms with van der Waals surface area (Å²) in [5.74, 6) is -0.102. The van der Waals surface area contributed by atoms with Gasteiger partial charge in [-0.1, -0.05) is 49.9 Å². The highest BCUT2D eigenvalue weighted by molar-refractivity contribution is 5.95. The average Bonchev–Trinajstić information content (AvgIpc) is 2.58. The van der Waals surface area contributed by atoms with Gasteiger partial charge in [0.2, 0.25) is 0 Å². The SMILES string of the molecule is C=CCOC(=O)c1cc(CC)cc(N)c1OCc1ccccc1. The van der Waals surface area contributed by atoms with Gasteiger partial charge in [0.1, 0.15) is 18.8 Å². The maximum Gasteiger partial charge on any atom is 0.342 e. The van der Waals surface area contributed by atoms with Crippen molar-refractivity contribution in [1.82, 2.24) is 0 Å². The van der Waals surface area contributed by atoms with E-state index in [9.17, 15) is 4.79 Å². The second-order valence-corrected chi connectivity index (χ2v) is 5.08. The van der Waals surface area contributed by atoms with E-state index in [4.69, 9.17) is 15.2 Å². The van der Waals surface area contributed by atoms with Crippen LogP contribution in [0.2, 0.25) is 0 Å². The molecule has 23 heavy (non-hydrogen) atoms. The molecule has 2 N–H and O–H groups in total. The molecule has 120 valence electrons. The van der Waals surface area contributed by atoms with Crippen molar-refractivity contribution >= 4 is 11.7 Å². The molecule has 0 aliphatic carbocycles. The molecule has 0 radical (unpaired) electrons. The summed E-state index contributed by atoms with van der Waals surface area (Å²) in [5, 5.41) is 0. The Kier molecular flexibility index (Phi) is 5.80. The zero-order valence-corrected chi connectivity index (χ0v) is 13.2. The Balaban J connectivity index is 2.28. The van der Waals surface area contributed by atoms with Gasteiger partial charge in [-0.15, -0.1) is 0 Å². The van der Waals surface area contributed by atoms with E-state index in [0.29, 0.717) is 23.6 Å². The molecule has 2 rings (SSSR count). The first-order valence-corrected chi connectivity index (χ1v) is 7.52. The van der Waals surface area contributed by atoms with Crippen LogP contribution in [0, 0.1) is 0 Å². The van der Waals surface area contributed by atoms with Crippen LogP contribution < -0.4 is 10.5 Å². The molecule has 0 fully saturated rings. The van der Waals surface area contributed by atoms with Gasteiger partial charge in [0.15, 0.2) is 5.75 Å². The molecule has 4 heteroatoms. The summed E-state index contributed by atoms with van der Waals surface area (Å²) < 4.78 is 10.9. The van der Waals surface area contributed by atoms with Gasteiger partial charge >= 0.3 is 5.97 Å². The lowest BCUT2D eigenvalue weighted by Crippen LogP contribution is -2.11. The highest BCUT2D eigenvalue weighted by atomic mass is 16.5. The van der Waals surface area contributed by atoms with Crippen molar-refractivity contribution in [2.24, 2.45) is 0 Å². The number of esters is 1. The predicted octanol–water partition coefficient (Wildman–Crippen LogP) is 3.75. The van der Waals surface area contributed by atoms with Crippen molar-refractivity contribution in [3.63, 3.8) is 0 Å². The number of hydrogen-bond acceptors (Lipinski definition) is 4. The number of rotatable bonds is 7. The third kappa shape index (κ3) is 4.36. The fourth-order valence-corrected chi connectivity index (χ4v) is 2.17. The lowest BCUT2D eigenvalue weighted by Gasteiger charge is -2.15. The van der Waals surface area contributed by atoms with Gasteiger partial charge in [0, 0.05) is 0 Å². The first-order valence-electron chi connectivity index (χ1n) is 7.52. The molecule has 0 saturated heterocycles. The number of benzene rings is 2. The maximum atomic E-state index is 12.3. The van der Waals surface area contributed by atoms with E-state index in [1.807, 2.05) is 43.3 Å². The highest BCUT2D eigenvalue weighted by Gasteiger charge is 2.18. The van der Waals surface area contributed by atoms with Crippen molar-refractivity contribution in [1.29, 1.82) is 0 Å². The van der Waals surface area contributed by atoms with Crippen LogP contribution >= 0.6 is 0 Å². The van der Waals surface area contributed by atoms with Crippen molar-refractivity contribution in [2.75, 3.05) is 12.3 Å². The average molecular weight is 311 g/mol. The van der Waals surface area contributed by atoms with Crippen LogP contribution in [0.5, 0.6) is 5.75 Å². The summed E-state index contributed by atoms with van der Waals surface area (Å²) in [7, 11) is 0. The second kappa shape index (κ2) is 8.03. The number of hydrogen-bond donors (Lipinski definition) is 1. The molecule has 2 aromatic rings. The van der Waals surface area contributed by atoms with E-state index in [-0.39, 0.29) is 6.61 Å². The molecule has 0 heterocycles. The number of nitrogen functional groups attached to an aromatic ring is 1. The van der Waals surface area contributed by atoms with Crippen molar-refractivity contribution in [3.8, 4) is 5.75 Å². The van der Waals surface area contributed by atoms with Crippen LogP contribution in [0.4, 0.5) is 5.69 Å². The van der Waals surface area contributed by atoms with E-state index in [2.05, 4.69) is 6.58 Å². The van der Waals surface area contributed by atoms with Gasteiger partial charge in [-0.25, -0.2) is 4.79 Å². The topological polar surface area (TPSA) is 61.5 Å². The maximum absolute atomic E-state index is 12.3. The number of nitrogens with two attached hydrogens (primary N) is 1. The second-order valence-electron chi connectivity index (χ2n) is 5.08. The molecular weight excluding hydrogens is 290 g/mol. The first-order chi connectivity index (χ1) is 11.2. The molecule has 4 nitrogen and oxygen atoms in total. The first kappa shape index (κ1) is 16.6. The normalized spacial score (nSPS) is 10.1. The van der Waals surface area contributed by atoms with Crippen molar-refractivity contribution in [3.05, 3.63) is 71.8 Å². The molecule has 0 amide bonds. The van der Waals surface area contributed by atoms with Gasteiger partial charge in [-0.05, 0) is 29.7 Å². The third-order valence-corrected chi connectivity index (χ3v) is 3.36. The molecule has 0 aliphatic rings. The number of carbonyl (C=O) groups is 1. The monoisotopic (exact) mass is 311 g/mol. The molecule has 0 spiro atoms. The van der Waals surface area contributed by atoms with Gasteiger partial charge in [0.25, 0.3) is 0 Å². The fourth-order valence-electron chi connectivity index (χ4n) is 2.17. The van der Waals surface area contributed by atoms with E-state index in [1.165, 1.54) is 6.08 Å². The molecule has 0 aliphatic heterocycles. The van der Waals surface area contributed by atoms with Gasteiger partial charge in [-0.2, -0.15) is 0 Å². The summed E-state index contributed by atoms with van der Waals surface area (Å²) in [4.78, 5) is 12.3. The van der Waals surface area contributed by atoms with E-state index in [0.717, 1.165) is 17.5 Å². The summed E-state index contributed by atoms with van der Waals surface area (Å²) in [5.41, 5.74) is 8.81. The Hall–Kier alpha value is -2.75. The zero-order chi connectivity index (χ0) is 16.7. The fraction of sp³-hybridized carbons (Fsp3) is 0.211. The Morgan fingerprint density at radius 3 is 2.61 bits per heavy atom. The lowest BCUT2D eigenvalue weighted by molar-refractivity contribution is 0.0544. The standard InChI is InChI=1S/C19H21NO3/c1-3-10-22-19(21)16-11-14(4-2)12-17(20)18(16)23-13-15-8-6-5-7-9-15/h3,5-9,11-12H,1,4,10,13,20H2,2H3. The summed E-state index contributed by atoms with van der Waals surface area (Å²) in [6.07, 6.45) is 2.29. The molecule has 0 bridgehead atoms. The minimum Gasteiger partial charge on any atom is -0.486 e. The van der Waals surface area contributed by atoms with Crippen LogP contribution in [-0.4, -0.2) is 12.6 Å². The smallest absolute Gasteiger partial charge is 0.342 e. The van der Waals surface area contributed by atoms with E-state index >= 15 is 0 Å². The minimum atomic E-state index is -0.463. The van der Waals surface area contributed by atoms with Gasteiger partial charge in [0.05, 0.1) is 5.69 Å². The highest BCUT2D eigenvalue weighted by Crippen LogP contribution is 2.30. The Morgan fingerprint density at radius 2 is 1.96 bits per heavy atom. The van der Waals surface area contributed by atoms with Crippen LogP contribution in [0.3, 0.4) is 0 Å². The predicted molar refractivity (Wildman–Crippen MR) is 91.5 cm³/mol. The Labute approximate surface area is 136 Å². The van der Waals surface area contributed by atoms with E-state index < -0.39 is 5.97 Å². The number of anilines is 1. The van der Waals surface area contributed by atoms with Crippen LogP contribution in [0.1, 0.15) is 28.4 Å². The third-order valence-electron chi connectivity index (χ3n) is 3.36. The molecule has 2 aromatic carbocycles. The number of carbonyl (C=O) groups excluding carboxylic acids is 1. The van der Waals surface area contributed by atoms with Gasteiger partial charge in [-0.3, -0.25) is 0 Å². The Morgan fingerprint density at radius 1 is 1.22 bits per heavy atom.